The number of nitrogens with zero attached hydrogens (tertiary/aromatic N) is 2. The normalized spacial score (nSPS) is 12.5. The van der Waals surface area contributed by atoms with Gasteiger partial charge in [0, 0.05) is 51.5 Å². The van der Waals surface area contributed by atoms with Crippen LogP contribution in [0.15, 0.2) is 34.3 Å². The molecule has 0 spiro atoms. The molecule has 31 heavy (non-hydrogen) atoms. The fourth-order valence-electron chi connectivity index (χ4n) is 3.40. The van der Waals surface area contributed by atoms with Crippen molar-refractivity contribution in [3.05, 3.63) is 57.6 Å². The summed E-state index contributed by atoms with van der Waals surface area (Å²) >= 11 is 0. The van der Waals surface area contributed by atoms with Gasteiger partial charge < -0.3 is 10.2 Å². The molecule has 2 aromatic rings. The molecule has 0 unspecified atom stereocenters. The van der Waals surface area contributed by atoms with Crippen molar-refractivity contribution in [1.29, 1.82) is 0 Å². The van der Waals surface area contributed by atoms with Crippen molar-refractivity contribution in [2.24, 2.45) is 9.98 Å². The molecule has 5 heteroatoms. The molecular formula is C26H36CoN2O2. The molecule has 0 amide bonds. The molecular weight excluding hydrogens is 431 g/mol. The molecule has 2 N–H and O–H groups in total. The van der Waals surface area contributed by atoms with Crippen LogP contribution in [0.3, 0.4) is 0 Å². The summed E-state index contributed by atoms with van der Waals surface area (Å²) in [5.74, 6) is 0.583. The van der Waals surface area contributed by atoms with Crippen molar-refractivity contribution < 1.29 is 27.0 Å². The largest absolute Gasteiger partial charge is 0.507 e. The van der Waals surface area contributed by atoms with Gasteiger partial charge in [-0.05, 0) is 47.9 Å². The maximum Gasteiger partial charge on any atom is 0.128 e. The number of aromatic hydroxyl groups is 2. The van der Waals surface area contributed by atoms with E-state index >= 15 is 0 Å². The first-order chi connectivity index (χ1) is 13.8. The fraction of sp³-hybridized carbons (Fsp3) is 0.462. The number of rotatable bonds is 5. The van der Waals surface area contributed by atoms with E-state index in [1.54, 1.807) is 12.4 Å². The average molecular weight is 468 g/mol. The van der Waals surface area contributed by atoms with Gasteiger partial charge in [0.15, 0.2) is 0 Å². The van der Waals surface area contributed by atoms with E-state index < -0.39 is 0 Å². The third kappa shape index (κ3) is 7.22. The number of hydrogen-bond donors (Lipinski definition) is 2. The first-order valence-corrected chi connectivity index (χ1v) is 10.5. The monoisotopic (exact) mass is 467 g/mol. The predicted molar refractivity (Wildman–Crippen MR) is 128 cm³/mol. The second-order valence-electron chi connectivity index (χ2n) is 10.1. The Hall–Kier alpha value is -2.11. The summed E-state index contributed by atoms with van der Waals surface area (Å²) in [6, 6.07) is 7.93. The maximum atomic E-state index is 10.6. The molecule has 0 aromatic heterocycles. The van der Waals surface area contributed by atoms with E-state index in [-0.39, 0.29) is 27.6 Å². The van der Waals surface area contributed by atoms with Gasteiger partial charge in [0.25, 0.3) is 0 Å². The van der Waals surface area contributed by atoms with Crippen molar-refractivity contribution in [3.8, 4) is 11.5 Å². The second-order valence-corrected chi connectivity index (χ2v) is 10.1. The Morgan fingerprint density at radius 1 is 0.677 bits per heavy atom. The molecule has 1 radical (unpaired) electrons. The van der Waals surface area contributed by atoms with Gasteiger partial charge in [0.05, 0.1) is 13.1 Å². The van der Waals surface area contributed by atoms with Gasteiger partial charge in [-0.2, -0.15) is 0 Å². The van der Waals surface area contributed by atoms with Crippen molar-refractivity contribution >= 4 is 12.4 Å². The Bertz CT molecular complexity index is 885. The van der Waals surface area contributed by atoms with Crippen LogP contribution in [0.2, 0.25) is 0 Å². The third-order valence-electron chi connectivity index (χ3n) is 5.00. The van der Waals surface area contributed by atoms with E-state index in [0.29, 0.717) is 24.6 Å². The zero-order chi connectivity index (χ0) is 22.7. The summed E-state index contributed by atoms with van der Waals surface area (Å²) < 4.78 is 0. The summed E-state index contributed by atoms with van der Waals surface area (Å²) in [5, 5.41) is 21.2. The second kappa shape index (κ2) is 10.5. The molecule has 0 aliphatic carbocycles. The molecule has 0 bridgehead atoms. The van der Waals surface area contributed by atoms with Crippen molar-refractivity contribution in [3.63, 3.8) is 0 Å². The van der Waals surface area contributed by atoms with Crippen LogP contribution in [0.4, 0.5) is 0 Å². The number of aryl methyl sites for hydroxylation is 2. The molecule has 2 aromatic carbocycles. The quantitative estimate of drug-likeness (QED) is 0.428. The van der Waals surface area contributed by atoms with Crippen molar-refractivity contribution in [2.45, 2.75) is 66.2 Å². The summed E-state index contributed by atoms with van der Waals surface area (Å²) in [7, 11) is 0. The summed E-state index contributed by atoms with van der Waals surface area (Å²) in [4.78, 5) is 8.87. The van der Waals surface area contributed by atoms with Crippen LogP contribution in [0.5, 0.6) is 11.5 Å². The SMILES string of the molecule is Cc1cc(C=NCCN=Cc2cc(C)cc(C(C)(C)C)c2O)c(O)c(C(C)(C)C)c1.[Co]. The Morgan fingerprint density at radius 3 is 1.29 bits per heavy atom. The minimum atomic E-state index is -0.134. The third-order valence-corrected chi connectivity index (χ3v) is 5.00. The van der Waals surface area contributed by atoms with E-state index in [0.717, 1.165) is 33.4 Å². The number of benzene rings is 2. The number of phenolic OH excluding ortho intramolecular Hbond substituents is 2. The van der Waals surface area contributed by atoms with Crippen LogP contribution in [0.25, 0.3) is 0 Å². The van der Waals surface area contributed by atoms with Crippen LogP contribution in [-0.2, 0) is 27.6 Å². The molecule has 2 rings (SSSR count). The number of aliphatic imine (C=N–C) groups is 2. The van der Waals surface area contributed by atoms with Crippen LogP contribution in [-0.4, -0.2) is 35.7 Å². The number of phenols is 2. The first kappa shape index (κ1) is 26.9. The zero-order valence-corrected chi connectivity index (χ0v) is 21.0. The maximum absolute atomic E-state index is 10.6. The van der Waals surface area contributed by atoms with Gasteiger partial charge in [-0.1, -0.05) is 53.7 Å². The summed E-state index contributed by atoms with van der Waals surface area (Å²) in [6.45, 7) is 17.6. The van der Waals surface area contributed by atoms with Crippen LogP contribution >= 0.6 is 0 Å². The van der Waals surface area contributed by atoms with Crippen LogP contribution in [0, 0.1) is 13.8 Å². The predicted octanol–water partition coefficient (Wildman–Crippen LogP) is 5.85. The molecule has 0 atom stereocenters. The molecule has 0 saturated heterocycles. The Kier molecular flexibility index (Phi) is 9.09. The van der Waals surface area contributed by atoms with E-state index in [4.69, 9.17) is 0 Å². The number of hydrogen-bond acceptors (Lipinski definition) is 4. The zero-order valence-electron chi connectivity index (χ0n) is 20.0. The minimum absolute atomic E-state index is 0. The van der Waals surface area contributed by atoms with Crippen LogP contribution in [0.1, 0.15) is 74.9 Å². The average Bonchev–Trinajstić information content (AvgIpc) is 2.60. The molecule has 0 saturated carbocycles. The Labute approximate surface area is 197 Å². The van der Waals surface area contributed by atoms with E-state index in [2.05, 4.69) is 51.5 Å². The van der Waals surface area contributed by atoms with Gasteiger partial charge in [0.1, 0.15) is 11.5 Å². The van der Waals surface area contributed by atoms with Crippen molar-refractivity contribution in [2.75, 3.05) is 13.1 Å². The summed E-state index contributed by atoms with van der Waals surface area (Å²) in [6.07, 6.45) is 3.43. The Morgan fingerprint density at radius 2 is 1.00 bits per heavy atom. The van der Waals surface area contributed by atoms with E-state index in [1.165, 1.54) is 0 Å². The molecule has 0 fully saturated rings. The molecule has 0 aliphatic rings. The Balaban J connectivity index is 0.00000480. The van der Waals surface area contributed by atoms with E-state index in [1.807, 2.05) is 38.1 Å². The smallest absolute Gasteiger partial charge is 0.128 e. The molecule has 0 heterocycles. The van der Waals surface area contributed by atoms with Gasteiger partial charge in [-0.15, -0.1) is 0 Å². The van der Waals surface area contributed by atoms with Gasteiger partial charge in [-0.25, -0.2) is 0 Å². The van der Waals surface area contributed by atoms with E-state index in [9.17, 15) is 10.2 Å². The molecule has 4 nitrogen and oxygen atoms in total. The first-order valence-electron chi connectivity index (χ1n) is 10.5. The van der Waals surface area contributed by atoms with Gasteiger partial charge in [-0.3, -0.25) is 9.98 Å². The van der Waals surface area contributed by atoms with Crippen LogP contribution < -0.4 is 0 Å². The molecule has 0 aliphatic heterocycles. The fourth-order valence-corrected chi connectivity index (χ4v) is 3.40. The van der Waals surface area contributed by atoms with Gasteiger partial charge in [0.2, 0.25) is 0 Å². The minimum Gasteiger partial charge on any atom is -0.507 e. The topological polar surface area (TPSA) is 65.2 Å². The summed E-state index contributed by atoms with van der Waals surface area (Å²) in [5.41, 5.74) is 5.24. The van der Waals surface area contributed by atoms with Gasteiger partial charge >= 0.3 is 0 Å². The molecule has 171 valence electrons. The standard InChI is InChI=1S/C26H36N2O2.Co/c1-17-11-19(23(29)21(13-17)25(3,4)5)15-27-9-10-28-16-20-12-18(2)14-22(24(20)30)26(6,7)8;/h11-16,29-30H,9-10H2,1-8H3;. The van der Waals surface area contributed by atoms with Crippen molar-refractivity contribution in [1.82, 2.24) is 0 Å².